The summed E-state index contributed by atoms with van der Waals surface area (Å²) in [5, 5.41) is 0. The Bertz CT molecular complexity index is 416. The molecule has 3 rings (SSSR count). The second kappa shape index (κ2) is 4.51. The molecule has 0 aliphatic heterocycles. The Morgan fingerprint density at radius 2 is 1.83 bits per heavy atom. The Kier molecular flexibility index (Phi) is 2.98. The van der Waals surface area contributed by atoms with Crippen LogP contribution in [-0.2, 0) is 16.1 Å². The Morgan fingerprint density at radius 3 is 2.44 bits per heavy atom. The van der Waals surface area contributed by atoms with E-state index in [0.717, 1.165) is 25.9 Å². The summed E-state index contributed by atoms with van der Waals surface area (Å²) in [7, 11) is 0. The third-order valence-electron chi connectivity index (χ3n) is 4.80. The molecule has 2 nitrogen and oxygen atoms in total. The fourth-order valence-electron chi connectivity index (χ4n) is 3.69. The zero-order valence-electron chi connectivity index (χ0n) is 10.7. The maximum absolute atomic E-state index is 11.2. The van der Waals surface area contributed by atoms with Crippen molar-refractivity contribution in [1.82, 2.24) is 0 Å². The standard InChI is InChI=1S/C16H20O2/c17-12-15-6-8-16(11-15,9-7-15)13-18-10-14-4-2-1-3-5-14/h1-5,12H,6-11,13H2. The summed E-state index contributed by atoms with van der Waals surface area (Å²) in [6.07, 6.45) is 6.74. The van der Waals surface area contributed by atoms with Gasteiger partial charge in [0.2, 0.25) is 0 Å². The van der Waals surface area contributed by atoms with Gasteiger partial charge >= 0.3 is 0 Å². The van der Waals surface area contributed by atoms with E-state index in [4.69, 9.17) is 4.74 Å². The van der Waals surface area contributed by atoms with E-state index in [1.54, 1.807) is 0 Å². The molecular weight excluding hydrogens is 224 g/mol. The van der Waals surface area contributed by atoms with Crippen LogP contribution in [0.5, 0.6) is 0 Å². The predicted molar refractivity (Wildman–Crippen MR) is 70.1 cm³/mol. The summed E-state index contributed by atoms with van der Waals surface area (Å²) in [6.45, 7) is 1.51. The molecule has 2 aliphatic carbocycles. The summed E-state index contributed by atoms with van der Waals surface area (Å²) in [5.74, 6) is 0. The second-order valence-electron chi connectivity index (χ2n) is 6.14. The topological polar surface area (TPSA) is 26.3 Å². The molecule has 0 aromatic heterocycles. The van der Waals surface area contributed by atoms with Crippen molar-refractivity contribution in [3.63, 3.8) is 0 Å². The highest BCUT2D eigenvalue weighted by atomic mass is 16.5. The normalized spacial score (nSPS) is 33.8. The van der Waals surface area contributed by atoms with Crippen LogP contribution in [0, 0.1) is 10.8 Å². The minimum absolute atomic E-state index is 0.0100. The van der Waals surface area contributed by atoms with Gasteiger partial charge in [0.25, 0.3) is 0 Å². The van der Waals surface area contributed by atoms with Crippen molar-refractivity contribution in [1.29, 1.82) is 0 Å². The number of benzene rings is 1. The lowest BCUT2D eigenvalue weighted by Gasteiger charge is -2.26. The first-order valence-electron chi connectivity index (χ1n) is 6.84. The van der Waals surface area contributed by atoms with E-state index in [1.165, 1.54) is 24.7 Å². The number of rotatable bonds is 5. The molecule has 0 heterocycles. The van der Waals surface area contributed by atoms with Crippen LogP contribution in [0.3, 0.4) is 0 Å². The van der Waals surface area contributed by atoms with Crippen molar-refractivity contribution in [2.75, 3.05) is 6.61 Å². The van der Waals surface area contributed by atoms with E-state index >= 15 is 0 Å². The lowest BCUT2D eigenvalue weighted by Crippen LogP contribution is -2.21. The Hall–Kier alpha value is -1.15. The van der Waals surface area contributed by atoms with E-state index in [9.17, 15) is 4.79 Å². The molecule has 0 radical (unpaired) electrons. The van der Waals surface area contributed by atoms with Crippen molar-refractivity contribution in [3.05, 3.63) is 35.9 Å². The van der Waals surface area contributed by atoms with Crippen LogP contribution >= 0.6 is 0 Å². The average Bonchev–Trinajstić information content (AvgIpc) is 2.97. The van der Waals surface area contributed by atoms with Gasteiger partial charge in [-0.1, -0.05) is 30.3 Å². The van der Waals surface area contributed by atoms with E-state index < -0.39 is 0 Å². The predicted octanol–water partition coefficient (Wildman–Crippen LogP) is 3.35. The Morgan fingerprint density at radius 1 is 1.11 bits per heavy atom. The van der Waals surface area contributed by atoms with E-state index in [2.05, 4.69) is 12.1 Å². The van der Waals surface area contributed by atoms with Crippen LogP contribution in [0.25, 0.3) is 0 Å². The summed E-state index contributed by atoms with van der Waals surface area (Å²) in [6, 6.07) is 10.3. The molecule has 2 aliphatic rings. The first-order valence-corrected chi connectivity index (χ1v) is 6.84. The van der Waals surface area contributed by atoms with E-state index in [1.807, 2.05) is 18.2 Å². The van der Waals surface area contributed by atoms with Crippen molar-refractivity contribution >= 4 is 6.29 Å². The summed E-state index contributed by atoms with van der Waals surface area (Å²) < 4.78 is 5.90. The minimum Gasteiger partial charge on any atom is -0.376 e. The Balaban J connectivity index is 1.54. The zero-order chi connectivity index (χ0) is 12.5. The summed E-state index contributed by atoms with van der Waals surface area (Å²) in [5.41, 5.74) is 1.54. The van der Waals surface area contributed by atoms with Gasteiger partial charge in [0, 0.05) is 5.41 Å². The highest BCUT2D eigenvalue weighted by Gasteiger charge is 2.54. The van der Waals surface area contributed by atoms with Gasteiger partial charge in [-0.05, 0) is 43.1 Å². The number of carbonyl (C=O) groups is 1. The molecule has 0 spiro atoms. The highest BCUT2D eigenvalue weighted by molar-refractivity contribution is 5.61. The van der Waals surface area contributed by atoms with Gasteiger partial charge in [0.1, 0.15) is 6.29 Å². The molecule has 0 amide bonds. The first-order chi connectivity index (χ1) is 8.76. The lowest BCUT2D eigenvalue weighted by molar-refractivity contribution is -0.115. The SMILES string of the molecule is O=CC12CCC(COCc3ccccc3)(CC1)C2. The van der Waals surface area contributed by atoms with Crippen LogP contribution in [-0.4, -0.2) is 12.9 Å². The van der Waals surface area contributed by atoms with Crippen molar-refractivity contribution in [2.45, 2.75) is 38.7 Å². The number of aldehydes is 1. The van der Waals surface area contributed by atoms with Gasteiger partial charge < -0.3 is 9.53 Å². The van der Waals surface area contributed by atoms with E-state index in [0.29, 0.717) is 12.0 Å². The summed E-state index contributed by atoms with van der Waals surface area (Å²) in [4.78, 5) is 11.2. The minimum atomic E-state index is 0.0100. The lowest BCUT2D eigenvalue weighted by atomic mass is 9.83. The molecule has 1 aromatic rings. The quantitative estimate of drug-likeness (QED) is 0.742. The average molecular weight is 244 g/mol. The largest absolute Gasteiger partial charge is 0.376 e. The number of hydrogen-bond acceptors (Lipinski definition) is 2. The second-order valence-corrected chi connectivity index (χ2v) is 6.14. The number of hydrogen-bond donors (Lipinski definition) is 0. The highest BCUT2D eigenvalue weighted by Crippen LogP contribution is 2.60. The van der Waals surface area contributed by atoms with Crippen LogP contribution in [0.15, 0.2) is 30.3 Å². The molecule has 2 saturated carbocycles. The number of fused-ring (bicyclic) bond motifs is 2. The van der Waals surface area contributed by atoms with Gasteiger partial charge in [0.15, 0.2) is 0 Å². The van der Waals surface area contributed by atoms with Gasteiger partial charge in [0.05, 0.1) is 13.2 Å². The van der Waals surface area contributed by atoms with Gasteiger partial charge in [-0.15, -0.1) is 0 Å². The molecule has 2 heteroatoms. The Labute approximate surface area is 108 Å². The van der Waals surface area contributed by atoms with Crippen molar-refractivity contribution in [2.24, 2.45) is 10.8 Å². The molecule has 0 atom stereocenters. The molecular formula is C16H20O2. The van der Waals surface area contributed by atoms with Crippen molar-refractivity contribution < 1.29 is 9.53 Å². The van der Waals surface area contributed by atoms with Gasteiger partial charge in [-0.2, -0.15) is 0 Å². The number of carbonyl (C=O) groups excluding carboxylic acids is 1. The maximum atomic E-state index is 11.2. The fraction of sp³-hybridized carbons (Fsp3) is 0.562. The van der Waals surface area contributed by atoms with Crippen LogP contribution in [0.1, 0.15) is 37.7 Å². The molecule has 2 fully saturated rings. The smallest absolute Gasteiger partial charge is 0.126 e. The molecule has 96 valence electrons. The molecule has 0 unspecified atom stereocenters. The van der Waals surface area contributed by atoms with E-state index in [-0.39, 0.29) is 5.41 Å². The molecule has 18 heavy (non-hydrogen) atoms. The number of ether oxygens (including phenoxy) is 1. The zero-order valence-corrected chi connectivity index (χ0v) is 10.7. The van der Waals surface area contributed by atoms with Gasteiger partial charge in [-0.3, -0.25) is 0 Å². The fourth-order valence-corrected chi connectivity index (χ4v) is 3.69. The third-order valence-corrected chi connectivity index (χ3v) is 4.80. The molecule has 0 N–H and O–H groups in total. The molecule has 0 saturated heterocycles. The monoisotopic (exact) mass is 244 g/mol. The van der Waals surface area contributed by atoms with Crippen molar-refractivity contribution in [3.8, 4) is 0 Å². The van der Waals surface area contributed by atoms with Crippen LogP contribution < -0.4 is 0 Å². The molecule has 1 aromatic carbocycles. The van der Waals surface area contributed by atoms with Gasteiger partial charge in [-0.25, -0.2) is 0 Å². The third kappa shape index (κ3) is 2.10. The summed E-state index contributed by atoms with van der Waals surface area (Å²) >= 11 is 0. The maximum Gasteiger partial charge on any atom is 0.126 e. The van der Waals surface area contributed by atoms with Crippen LogP contribution in [0.2, 0.25) is 0 Å². The van der Waals surface area contributed by atoms with Crippen LogP contribution in [0.4, 0.5) is 0 Å². The molecule has 2 bridgehead atoms. The first kappa shape index (κ1) is 11.9.